The SMILES string of the molecule is CNC(=O)c1cc(Cl)cc(C)c1NC(=O)c1cn(C)nc1-c1ccccc1Cl. The summed E-state index contributed by atoms with van der Waals surface area (Å²) in [5.41, 5.74) is 2.79. The molecule has 0 fully saturated rings. The molecular formula is C20H18Cl2N4O2. The van der Waals surface area contributed by atoms with E-state index in [9.17, 15) is 9.59 Å². The summed E-state index contributed by atoms with van der Waals surface area (Å²) in [5.74, 6) is -0.753. The van der Waals surface area contributed by atoms with E-state index >= 15 is 0 Å². The van der Waals surface area contributed by atoms with Gasteiger partial charge in [-0.05, 0) is 30.7 Å². The van der Waals surface area contributed by atoms with Crippen molar-refractivity contribution in [3.8, 4) is 11.3 Å². The Balaban J connectivity index is 2.05. The molecule has 0 atom stereocenters. The zero-order valence-electron chi connectivity index (χ0n) is 15.5. The lowest BCUT2D eigenvalue weighted by atomic mass is 10.0. The first-order valence-corrected chi connectivity index (χ1v) is 9.19. The average Bonchev–Trinajstić information content (AvgIpc) is 3.05. The third kappa shape index (κ3) is 3.88. The van der Waals surface area contributed by atoms with Gasteiger partial charge in [0.1, 0.15) is 5.69 Å². The van der Waals surface area contributed by atoms with Gasteiger partial charge in [0, 0.05) is 30.9 Å². The fourth-order valence-electron chi connectivity index (χ4n) is 2.91. The van der Waals surface area contributed by atoms with Crippen molar-refractivity contribution in [3.63, 3.8) is 0 Å². The predicted octanol–water partition coefficient (Wildman–Crippen LogP) is 4.31. The number of rotatable bonds is 4. The van der Waals surface area contributed by atoms with Crippen LogP contribution in [0.25, 0.3) is 11.3 Å². The molecule has 1 heterocycles. The number of nitrogens with one attached hydrogen (secondary N) is 2. The molecule has 3 aromatic rings. The quantitative estimate of drug-likeness (QED) is 0.664. The number of halogens is 2. The number of anilines is 1. The van der Waals surface area contributed by atoms with Crippen LogP contribution < -0.4 is 10.6 Å². The molecule has 144 valence electrons. The second-order valence-corrected chi connectivity index (χ2v) is 7.07. The summed E-state index contributed by atoms with van der Waals surface area (Å²) in [6.45, 7) is 1.77. The number of carbonyl (C=O) groups excluding carboxylic acids is 2. The van der Waals surface area contributed by atoms with Crippen molar-refractivity contribution in [2.75, 3.05) is 12.4 Å². The zero-order valence-corrected chi connectivity index (χ0v) is 17.0. The molecule has 0 aliphatic carbocycles. The van der Waals surface area contributed by atoms with Gasteiger partial charge in [0.25, 0.3) is 11.8 Å². The fraction of sp³-hybridized carbons (Fsp3) is 0.150. The first-order chi connectivity index (χ1) is 13.3. The lowest BCUT2D eigenvalue weighted by Gasteiger charge is -2.14. The molecule has 28 heavy (non-hydrogen) atoms. The van der Waals surface area contributed by atoms with E-state index in [1.165, 1.54) is 13.1 Å². The molecule has 2 amide bonds. The summed E-state index contributed by atoms with van der Waals surface area (Å²) in [7, 11) is 3.24. The van der Waals surface area contributed by atoms with E-state index in [4.69, 9.17) is 23.2 Å². The Bertz CT molecular complexity index is 1080. The minimum atomic E-state index is -0.404. The Labute approximate surface area is 172 Å². The Morgan fingerprint density at radius 3 is 2.46 bits per heavy atom. The molecule has 0 radical (unpaired) electrons. The first kappa shape index (κ1) is 19.9. The van der Waals surface area contributed by atoms with Gasteiger partial charge in [0.15, 0.2) is 0 Å². The number of aryl methyl sites for hydroxylation is 2. The van der Waals surface area contributed by atoms with Crippen LogP contribution in [0, 0.1) is 6.92 Å². The van der Waals surface area contributed by atoms with Crippen LogP contribution in [0.15, 0.2) is 42.6 Å². The van der Waals surface area contributed by atoms with Gasteiger partial charge in [-0.25, -0.2) is 0 Å². The Morgan fingerprint density at radius 1 is 1.07 bits per heavy atom. The number of hydrogen-bond donors (Lipinski definition) is 2. The molecule has 6 nitrogen and oxygen atoms in total. The minimum Gasteiger partial charge on any atom is -0.355 e. The van der Waals surface area contributed by atoms with Gasteiger partial charge in [-0.15, -0.1) is 0 Å². The number of benzene rings is 2. The van der Waals surface area contributed by atoms with Crippen molar-refractivity contribution in [1.82, 2.24) is 15.1 Å². The maximum atomic E-state index is 13.1. The second-order valence-electron chi connectivity index (χ2n) is 6.22. The second kappa shape index (κ2) is 8.04. The summed E-state index contributed by atoms with van der Waals surface area (Å²) in [6, 6.07) is 10.4. The van der Waals surface area contributed by atoms with Crippen molar-refractivity contribution >= 4 is 40.7 Å². The molecule has 0 bridgehead atoms. The summed E-state index contributed by atoms with van der Waals surface area (Å²) in [6.07, 6.45) is 1.61. The van der Waals surface area contributed by atoms with Crippen LogP contribution in [0.4, 0.5) is 5.69 Å². The van der Waals surface area contributed by atoms with Crippen LogP contribution in [-0.2, 0) is 7.05 Å². The molecule has 2 N–H and O–H groups in total. The van der Waals surface area contributed by atoms with Gasteiger partial charge in [0.2, 0.25) is 0 Å². The lowest BCUT2D eigenvalue weighted by Crippen LogP contribution is -2.22. The van der Waals surface area contributed by atoms with E-state index in [0.717, 1.165) is 0 Å². The third-order valence-electron chi connectivity index (χ3n) is 4.21. The van der Waals surface area contributed by atoms with Crippen molar-refractivity contribution in [2.45, 2.75) is 6.92 Å². The van der Waals surface area contributed by atoms with Crippen molar-refractivity contribution in [1.29, 1.82) is 0 Å². The third-order valence-corrected chi connectivity index (χ3v) is 4.76. The molecule has 0 aliphatic heterocycles. The standard InChI is InChI=1S/C20H18Cl2N4O2/c1-11-8-12(21)9-14(19(27)23-2)17(11)24-20(28)15-10-26(3)25-18(15)13-6-4-5-7-16(13)22/h4-10H,1-3H3,(H,23,27)(H,24,28). The van der Waals surface area contributed by atoms with Gasteiger partial charge < -0.3 is 10.6 Å². The van der Waals surface area contributed by atoms with E-state index in [-0.39, 0.29) is 11.5 Å². The van der Waals surface area contributed by atoms with E-state index in [1.54, 1.807) is 49.1 Å². The van der Waals surface area contributed by atoms with E-state index in [0.29, 0.717) is 38.1 Å². The molecule has 0 saturated carbocycles. The maximum absolute atomic E-state index is 13.1. The van der Waals surface area contributed by atoms with Crippen LogP contribution in [0.3, 0.4) is 0 Å². The zero-order chi connectivity index (χ0) is 20.4. The first-order valence-electron chi connectivity index (χ1n) is 8.44. The smallest absolute Gasteiger partial charge is 0.259 e. The monoisotopic (exact) mass is 416 g/mol. The maximum Gasteiger partial charge on any atom is 0.259 e. The molecule has 2 aromatic carbocycles. The molecule has 0 aliphatic rings. The number of nitrogens with zero attached hydrogens (tertiary/aromatic N) is 2. The van der Waals surface area contributed by atoms with Crippen molar-refractivity contribution in [2.24, 2.45) is 7.05 Å². The molecule has 3 rings (SSSR count). The predicted molar refractivity (Wildman–Crippen MR) is 111 cm³/mol. The van der Waals surface area contributed by atoms with E-state index in [1.807, 2.05) is 6.07 Å². The van der Waals surface area contributed by atoms with Gasteiger partial charge in [-0.1, -0.05) is 41.4 Å². The van der Waals surface area contributed by atoms with Crippen LogP contribution in [0.1, 0.15) is 26.3 Å². The molecule has 8 heteroatoms. The van der Waals surface area contributed by atoms with Crippen LogP contribution in [0.2, 0.25) is 10.0 Å². The van der Waals surface area contributed by atoms with E-state index < -0.39 is 5.91 Å². The summed E-state index contributed by atoms with van der Waals surface area (Å²) in [4.78, 5) is 25.3. The van der Waals surface area contributed by atoms with Gasteiger partial charge in [0.05, 0.1) is 21.8 Å². The van der Waals surface area contributed by atoms with Crippen molar-refractivity contribution in [3.05, 3.63) is 69.3 Å². The summed E-state index contributed by atoms with van der Waals surface area (Å²) < 4.78 is 1.54. The number of aromatic nitrogens is 2. The van der Waals surface area contributed by atoms with Gasteiger partial charge >= 0.3 is 0 Å². The van der Waals surface area contributed by atoms with Gasteiger partial charge in [-0.2, -0.15) is 5.10 Å². The van der Waals surface area contributed by atoms with Crippen LogP contribution in [0.5, 0.6) is 0 Å². The highest BCUT2D eigenvalue weighted by atomic mass is 35.5. The Hall–Kier alpha value is -2.83. The van der Waals surface area contributed by atoms with Crippen LogP contribution >= 0.6 is 23.2 Å². The number of carbonyl (C=O) groups is 2. The highest BCUT2D eigenvalue weighted by Gasteiger charge is 2.22. The highest BCUT2D eigenvalue weighted by molar-refractivity contribution is 6.33. The molecule has 0 unspecified atom stereocenters. The minimum absolute atomic E-state index is 0.282. The topological polar surface area (TPSA) is 76.0 Å². The normalized spacial score (nSPS) is 10.6. The molecule has 0 saturated heterocycles. The van der Waals surface area contributed by atoms with Crippen molar-refractivity contribution < 1.29 is 9.59 Å². The summed E-state index contributed by atoms with van der Waals surface area (Å²) in [5, 5.41) is 10.7. The average molecular weight is 417 g/mol. The molecule has 1 aromatic heterocycles. The number of amides is 2. The number of hydrogen-bond acceptors (Lipinski definition) is 3. The Kier molecular flexibility index (Phi) is 5.72. The molecule has 0 spiro atoms. The van der Waals surface area contributed by atoms with E-state index in [2.05, 4.69) is 15.7 Å². The molecular weight excluding hydrogens is 399 g/mol. The largest absolute Gasteiger partial charge is 0.355 e. The van der Waals surface area contributed by atoms with Gasteiger partial charge in [-0.3, -0.25) is 14.3 Å². The highest BCUT2D eigenvalue weighted by Crippen LogP contribution is 2.31. The fourth-order valence-corrected chi connectivity index (χ4v) is 3.41. The van der Waals surface area contributed by atoms with Crippen LogP contribution in [-0.4, -0.2) is 28.6 Å². The summed E-state index contributed by atoms with van der Waals surface area (Å²) >= 11 is 12.4. The lowest BCUT2D eigenvalue weighted by molar-refractivity contribution is 0.0964. The Morgan fingerprint density at radius 2 is 1.79 bits per heavy atom.